The summed E-state index contributed by atoms with van der Waals surface area (Å²) in [4.78, 5) is 15.4. The number of nitro benzene ring substituents is 1. The van der Waals surface area contributed by atoms with Crippen molar-refractivity contribution < 1.29 is 9.66 Å². The Morgan fingerprint density at radius 3 is 2.71 bits per heavy atom. The Labute approximate surface area is 165 Å². The van der Waals surface area contributed by atoms with Crippen molar-refractivity contribution >= 4 is 11.6 Å². The van der Waals surface area contributed by atoms with E-state index >= 15 is 0 Å². The van der Waals surface area contributed by atoms with E-state index in [1.165, 1.54) is 6.07 Å². The summed E-state index contributed by atoms with van der Waals surface area (Å²) in [5.74, 6) is 1.49. The lowest BCUT2D eigenvalue weighted by Gasteiger charge is -2.38. The maximum atomic E-state index is 11.2. The van der Waals surface area contributed by atoms with Crippen LogP contribution in [0.4, 0.5) is 5.69 Å². The van der Waals surface area contributed by atoms with Crippen LogP contribution >= 0.6 is 0 Å². The summed E-state index contributed by atoms with van der Waals surface area (Å²) in [5.41, 5.74) is 1.44. The summed E-state index contributed by atoms with van der Waals surface area (Å²) in [5, 5.41) is 17.9. The van der Waals surface area contributed by atoms with Crippen LogP contribution < -0.4 is 15.4 Å². The Morgan fingerprint density at radius 2 is 1.96 bits per heavy atom. The molecule has 0 saturated heterocycles. The normalized spacial score (nSPS) is 18.0. The molecule has 7 heteroatoms. The number of aliphatic imine (C=N–C) groups is 1. The lowest BCUT2D eigenvalue weighted by molar-refractivity contribution is -0.385. The van der Waals surface area contributed by atoms with Gasteiger partial charge in [-0.3, -0.25) is 10.1 Å². The molecule has 2 aromatic rings. The van der Waals surface area contributed by atoms with Gasteiger partial charge in [-0.05, 0) is 26.8 Å². The van der Waals surface area contributed by atoms with E-state index in [4.69, 9.17) is 4.74 Å². The molecule has 2 N–H and O–H groups in total. The van der Waals surface area contributed by atoms with Gasteiger partial charge in [0.15, 0.2) is 5.96 Å². The van der Waals surface area contributed by atoms with Gasteiger partial charge in [-0.25, -0.2) is 4.99 Å². The van der Waals surface area contributed by atoms with Crippen molar-refractivity contribution in [2.24, 2.45) is 4.99 Å². The predicted octanol–water partition coefficient (Wildman–Crippen LogP) is 3.95. The first-order valence-corrected chi connectivity index (χ1v) is 9.44. The van der Waals surface area contributed by atoms with E-state index in [0.29, 0.717) is 18.1 Å². The molecule has 0 fully saturated rings. The van der Waals surface area contributed by atoms with Crippen molar-refractivity contribution in [3.63, 3.8) is 0 Å². The van der Waals surface area contributed by atoms with E-state index in [9.17, 15) is 10.1 Å². The number of hydrogen-bond donors (Lipinski definition) is 2. The van der Waals surface area contributed by atoms with Crippen LogP contribution in [0.3, 0.4) is 0 Å². The van der Waals surface area contributed by atoms with Gasteiger partial charge in [-0.2, -0.15) is 0 Å². The molecule has 28 heavy (non-hydrogen) atoms. The standard InChI is InChI=1S/C21H26N4O3/c1-4-22-20(23-14-15-9-5-7-11-18(15)25(26)27)24-17-13-21(2,3)28-19-12-8-6-10-16(17)19/h5-12,17H,4,13-14H2,1-3H3,(H2,22,23,24). The minimum Gasteiger partial charge on any atom is -0.487 e. The van der Waals surface area contributed by atoms with Gasteiger partial charge >= 0.3 is 0 Å². The number of hydrogen-bond acceptors (Lipinski definition) is 4. The summed E-state index contributed by atoms with van der Waals surface area (Å²) in [6.45, 7) is 7.03. The molecule has 0 saturated carbocycles. The number of fused-ring (bicyclic) bond motifs is 1. The van der Waals surface area contributed by atoms with E-state index in [1.54, 1.807) is 18.2 Å². The number of ether oxygens (including phenoxy) is 1. The fraction of sp³-hybridized carbons (Fsp3) is 0.381. The monoisotopic (exact) mass is 382 g/mol. The molecule has 0 aromatic heterocycles. The SMILES string of the molecule is CCNC(=NCc1ccccc1[N+](=O)[O-])NC1CC(C)(C)Oc2ccccc21. The van der Waals surface area contributed by atoms with Crippen LogP contribution in [0.5, 0.6) is 5.75 Å². The van der Waals surface area contributed by atoms with Gasteiger partial charge in [0.1, 0.15) is 11.4 Å². The number of guanidine groups is 1. The lowest BCUT2D eigenvalue weighted by Crippen LogP contribution is -2.45. The molecule has 1 unspecified atom stereocenters. The highest BCUT2D eigenvalue weighted by Gasteiger charge is 2.34. The van der Waals surface area contributed by atoms with Gasteiger partial charge in [-0.15, -0.1) is 0 Å². The molecule has 0 bridgehead atoms. The average molecular weight is 382 g/mol. The van der Waals surface area contributed by atoms with E-state index in [0.717, 1.165) is 17.7 Å². The molecule has 1 aliphatic rings. The van der Waals surface area contributed by atoms with Gasteiger partial charge in [0.05, 0.1) is 23.1 Å². The molecule has 148 valence electrons. The Morgan fingerprint density at radius 1 is 1.25 bits per heavy atom. The first-order valence-electron chi connectivity index (χ1n) is 9.44. The largest absolute Gasteiger partial charge is 0.487 e. The molecule has 0 aliphatic carbocycles. The minimum atomic E-state index is -0.373. The third-order valence-electron chi connectivity index (χ3n) is 4.63. The zero-order valence-electron chi connectivity index (χ0n) is 16.4. The highest BCUT2D eigenvalue weighted by molar-refractivity contribution is 5.80. The van der Waals surface area contributed by atoms with Crippen LogP contribution in [0.1, 0.15) is 44.4 Å². The van der Waals surface area contributed by atoms with E-state index < -0.39 is 0 Å². The third kappa shape index (κ3) is 4.60. The number of rotatable bonds is 5. The molecule has 1 atom stereocenters. The van der Waals surface area contributed by atoms with Gasteiger partial charge in [0.25, 0.3) is 5.69 Å². The van der Waals surface area contributed by atoms with Gasteiger partial charge in [0, 0.05) is 24.6 Å². The Bertz CT molecular complexity index is 879. The second-order valence-electron chi connectivity index (χ2n) is 7.38. The first kappa shape index (κ1) is 19.7. The van der Waals surface area contributed by atoms with Gasteiger partial charge < -0.3 is 15.4 Å². The highest BCUT2D eigenvalue weighted by atomic mass is 16.6. The molecule has 0 radical (unpaired) electrons. The quantitative estimate of drug-likeness (QED) is 0.354. The molecule has 0 spiro atoms. The van der Waals surface area contributed by atoms with Crippen molar-refractivity contribution in [3.8, 4) is 5.75 Å². The third-order valence-corrected chi connectivity index (χ3v) is 4.63. The molecule has 0 amide bonds. The van der Waals surface area contributed by atoms with E-state index in [2.05, 4.69) is 29.5 Å². The number of nitrogens with zero attached hydrogens (tertiary/aromatic N) is 2. The fourth-order valence-corrected chi connectivity index (χ4v) is 3.40. The maximum absolute atomic E-state index is 11.2. The van der Waals surface area contributed by atoms with Gasteiger partial charge in [-0.1, -0.05) is 36.4 Å². The highest BCUT2D eigenvalue weighted by Crippen LogP contribution is 2.39. The Hall–Kier alpha value is -3.09. The Balaban J connectivity index is 1.84. The first-order chi connectivity index (χ1) is 13.4. The zero-order chi connectivity index (χ0) is 20.1. The van der Waals surface area contributed by atoms with Crippen molar-refractivity contribution in [1.29, 1.82) is 0 Å². The van der Waals surface area contributed by atoms with Gasteiger partial charge in [0.2, 0.25) is 0 Å². The minimum absolute atomic E-state index is 0.0310. The van der Waals surface area contributed by atoms with Crippen LogP contribution in [0.2, 0.25) is 0 Å². The van der Waals surface area contributed by atoms with Crippen molar-refractivity contribution in [1.82, 2.24) is 10.6 Å². The topological polar surface area (TPSA) is 88.8 Å². The zero-order valence-corrected chi connectivity index (χ0v) is 16.4. The molecular weight excluding hydrogens is 356 g/mol. The second-order valence-corrected chi connectivity index (χ2v) is 7.38. The van der Waals surface area contributed by atoms with Crippen LogP contribution in [-0.4, -0.2) is 23.0 Å². The predicted molar refractivity (Wildman–Crippen MR) is 110 cm³/mol. The average Bonchev–Trinajstić information content (AvgIpc) is 2.65. The fourth-order valence-electron chi connectivity index (χ4n) is 3.40. The van der Waals surface area contributed by atoms with Crippen molar-refractivity contribution in [2.75, 3.05) is 6.54 Å². The van der Waals surface area contributed by atoms with Crippen molar-refractivity contribution in [2.45, 2.75) is 45.4 Å². The summed E-state index contributed by atoms with van der Waals surface area (Å²) >= 11 is 0. The molecule has 1 aliphatic heterocycles. The second kappa shape index (κ2) is 8.29. The summed E-state index contributed by atoms with van der Waals surface area (Å²) in [6, 6.07) is 14.7. The number of nitrogens with one attached hydrogen (secondary N) is 2. The summed E-state index contributed by atoms with van der Waals surface area (Å²) in [7, 11) is 0. The number of para-hydroxylation sites is 2. The molecule has 2 aromatic carbocycles. The van der Waals surface area contributed by atoms with Crippen molar-refractivity contribution in [3.05, 3.63) is 69.8 Å². The maximum Gasteiger partial charge on any atom is 0.274 e. The smallest absolute Gasteiger partial charge is 0.274 e. The molecule has 7 nitrogen and oxygen atoms in total. The van der Waals surface area contributed by atoms with Crippen LogP contribution in [-0.2, 0) is 6.54 Å². The lowest BCUT2D eigenvalue weighted by atomic mass is 9.90. The Kier molecular flexibility index (Phi) is 5.82. The number of benzene rings is 2. The molecular formula is C21H26N4O3. The summed E-state index contributed by atoms with van der Waals surface area (Å²) < 4.78 is 6.09. The van der Waals surface area contributed by atoms with Crippen LogP contribution in [0.15, 0.2) is 53.5 Å². The van der Waals surface area contributed by atoms with Crippen LogP contribution in [0, 0.1) is 10.1 Å². The summed E-state index contributed by atoms with van der Waals surface area (Å²) in [6.07, 6.45) is 0.778. The molecule has 1 heterocycles. The number of nitro groups is 1. The van der Waals surface area contributed by atoms with E-state index in [-0.39, 0.29) is 28.8 Å². The van der Waals surface area contributed by atoms with Crippen LogP contribution in [0.25, 0.3) is 0 Å². The molecule has 3 rings (SSSR count). The van der Waals surface area contributed by atoms with E-state index in [1.807, 2.05) is 31.2 Å².